The van der Waals surface area contributed by atoms with Crippen molar-refractivity contribution in [3.05, 3.63) is 71.1 Å². The molecule has 7 heteroatoms. The number of furan rings is 1. The molecule has 0 aliphatic rings. The average molecular weight is 355 g/mol. The molecule has 3 rings (SSSR count). The van der Waals surface area contributed by atoms with Gasteiger partial charge in [0.15, 0.2) is 10.9 Å². The number of anilines is 1. The number of aromatic nitrogens is 1. The number of likely N-dealkylation sites (N-methyl/N-ethyl adjacent to an activating group) is 1. The van der Waals surface area contributed by atoms with E-state index in [2.05, 4.69) is 10.3 Å². The maximum absolute atomic E-state index is 12.3. The highest BCUT2D eigenvalue weighted by atomic mass is 32.1. The summed E-state index contributed by atoms with van der Waals surface area (Å²) in [5.41, 5.74) is 1.70. The summed E-state index contributed by atoms with van der Waals surface area (Å²) in [6.45, 7) is 0.548. The first-order valence-corrected chi connectivity index (χ1v) is 8.57. The van der Waals surface area contributed by atoms with Gasteiger partial charge in [0.2, 0.25) is 5.91 Å². The molecule has 128 valence electrons. The lowest BCUT2D eigenvalue weighted by molar-refractivity contribution is -0.129. The van der Waals surface area contributed by atoms with E-state index in [4.69, 9.17) is 4.42 Å². The average Bonchev–Trinajstić information content (AvgIpc) is 3.28. The molecule has 0 fully saturated rings. The monoisotopic (exact) mass is 355 g/mol. The summed E-state index contributed by atoms with van der Waals surface area (Å²) in [4.78, 5) is 30.2. The second-order valence-electron chi connectivity index (χ2n) is 5.49. The van der Waals surface area contributed by atoms with E-state index in [1.165, 1.54) is 17.6 Å². The van der Waals surface area contributed by atoms with Crippen molar-refractivity contribution in [2.45, 2.75) is 13.0 Å². The third kappa shape index (κ3) is 4.54. The van der Waals surface area contributed by atoms with E-state index in [-0.39, 0.29) is 24.0 Å². The Morgan fingerprint density at radius 3 is 2.72 bits per heavy atom. The van der Waals surface area contributed by atoms with Gasteiger partial charge < -0.3 is 9.32 Å². The largest absolute Gasteiger partial charge is 0.459 e. The molecule has 2 heterocycles. The number of amides is 2. The van der Waals surface area contributed by atoms with Crippen LogP contribution in [0.5, 0.6) is 0 Å². The summed E-state index contributed by atoms with van der Waals surface area (Å²) in [5, 5.41) is 4.87. The van der Waals surface area contributed by atoms with Gasteiger partial charge in [-0.2, -0.15) is 0 Å². The molecule has 0 saturated carbocycles. The first-order valence-electron chi connectivity index (χ1n) is 7.69. The predicted molar refractivity (Wildman–Crippen MR) is 95.4 cm³/mol. The summed E-state index contributed by atoms with van der Waals surface area (Å²) in [5.74, 6) is -0.174. The molecule has 1 aromatic carbocycles. The van der Waals surface area contributed by atoms with Crippen LogP contribution in [0.1, 0.15) is 21.8 Å². The van der Waals surface area contributed by atoms with Gasteiger partial charge in [-0.25, -0.2) is 4.98 Å². The maximum Gasteiger partial charge on any atom is 0.293 e. The van der Waals surface area contributed by atoms with E-state index < -0.39 is 0 Å². The Bertz CT molecular complexity index is 844. The van der Waals surface area contributed by atoms with Crippen molar-refractivity contribution in [2.24, 2.45) is 0 Å². The summed E-state index contributed by atoms with van der Waals surface area (Å²) in [6.07, 6.45) is 1.62. The number of rotatable bonds is 6. The third-order valence-electron chi connectivity index (χ3n) is 3.54. The zero-order valence-electron chi connectivity index (χ0n) is 13.6. The fraction of sp³-hybridized carbons (Fsp3) is 0.167. The molecule has 6 nitrogen and oxygen atoms in total. The third-order valence-corrected chi connectivity index (χ3v) is 4.34. The Labute approximate surface area is 149 Å². The van der Waals surface area contributed by atoms with E-state index >= 15 is 0 Å². The van der Waals surface area contributed by atoms with Crippen LogP contribution in [0.4, 0.5) is 5.13 Å². The minimum atomic E-state index is -0.363. The summed E-state index contributed by atoms with van der Waals surface area (Å²) in [7, 11) is 1.77. The van der Waals surface area contributed by atoms with Crippen molar-refractivity contribution in [2.75, 3.05) is 12.4 Å². The second kappa shape index (κ2) is 7.76. The Hall–Kier alpha value is -2.93. The smallest absolute Gasteiger partial charge is 0.293 e. The quantitative estimate of drug-likeness (QED) is 0.737. The van der Waals surface area contributed by atoms with Crippen molar-refractivity contribution in [1.82, 2.24) is 9.88 Å². The van der Waals surface area contributed by atoms with E-state index in [0.717, 1.165) is 5.56 Å². The molecule has 0 bridgehead atoms. The predicted octanol–water partition coefficient (Wildman–Crippen LogP) is 3.19. The minimum absolute atomic E-state index is 0.0296. The van der Waals surface area contributed by atoms with E-state index in [9.17, 15) is 9.59 Å². The molecular weight excluding hydrogens is 338 g/mol. The lowest BCUT2D eigenvalue weighted by Gasteiger charge is -2.16. The molecule has 0 saturated heterocycles. The molecule has 0 aliphatic carbocycles. The molecule has 0 aliphatic heterocycles. The highest BCUT2D eigenvalue weighted by molar-refractivity contribution is 7.14. The number of benzene rings is 1. The number of carbonyl (C=O) groups excluding carboxylic acids is 2. The van der Waals surface area contributed by atoms with Gasteiger partial charge in [0.1, 0.15) is 0 Å². The number of nitrogens with one attached hydrogen (secondary N) is 1. The summed E-state index contributed by atoms with van der Waals surface area (Å²) >= 11 is 1.28. The number of hydrogen-bond donors (Lipinski definition) is 1. The highest BCUT2D eigenvalue weighted by Crippen LogP contribution is 2.17. The van der Waals surface area contributed by atoms with Gasteiger partial charge in [-0.15, -0.1) is 11.3 Å². The SMILES string of the molecule is CN(Cc1ccccc1)C(=O)Cc1csc(NC(=O)c2ccco2)n1. The number of hydrogen-bond acceptors (Lipinski definition) is 5. The second-order valence-corrected chi connectivity index (χ2v) is 6.35. The number of carbonyl (C=O) groups is 2. The van der Waals surface area contributed by atoms with Crippen LogP contribution in [0, 0.1) is 0 Å². The fourth-order valence-electron chi connectivity index (χ4n) is 2.25. The van der Waals surface area contributed by atoms with Crippen LogP contribution in [0.25, 0.3) is 0 Å². The van der Waals surface area contributed by atoms with E-state index in [1.54, 1.807) is 29.5 Å². The molecule has 0 spiro atoms. The first-order chi connectivity index (χ1) is 12.1. The van der Waals surface area contributed by atoms with E-state index in [0.29, 0.717) is 17.4 Å². The van der Waals surface area contributed by atoms with Gasteiger partial charge >= 0.3 is 0 Å². The van der Waals surface area contributed by atoms with Crippen LogP contribution in [0.15, 0.2) is 58.5 Å². The maximum atomic E-state index is 12.3. The van der Waals surface area contributed by atoms with Crippen molar-refractivity contribution in [1.29, 1.82) is 0 Å². The molecule has 2 amide bonds. The lowest BCUT2D eigenvalue weighted by atomic mass is 10.2. The van der Waals surface area contributed by atoms with Crippen LogP contribution in [0.2, 0.25) is 0 Å². The zero-order chi connectivity index (χ0) is 17.6. The molecule has 25 heavy (non-hydrogen) atoms. The molecule has 0 atom stereocenters. The van der Waals surface area contributed by atoms with E-state index in [1.807, 2.05) is 30.3 Å². The first kappa shape index (κ1) is 16.9. The number of nitrogens with zero attached hydrogens (tertiary/aromatic N) is 2. The van der Waals surface area contributed by atoms with Gasteiger partial charge in [0.05, 0.1) is 18.4 Å². The van der Waals surface area contributed by atoms with Crippen molar-refractivity contribution < 1.29 is 14.0 Å². The fourth-order valence-corrected chi connectivity index (χ4v) is 2.95. The Morgan fingerprint density at radius 1 is 1.20 bits per heavy atom. The van der Waals surface area contributed by atoms with Gasteiger partial charge in [-0.05, 0) is 17.7 Å². The molecule has 0 radical (unpaired) electrons. The molecule has 0 unspecified atom stereocenters. The van der Waals surface area contributed by atoms with Crippen molar-refractivity contribution >= 4 is 28.3 Å². The normalized spacial score (nSPS) is 10.4. The Balaban J connectivity index is 1.55. The minimum Gasteiger partial charge on any atom is -0.459 e. The van der Waals surface area contributed by atoms with Crippen LogP contribution >= 0.6 is 11.3 Å². The molecule has 2 aromatic heterocycles. The van der Waals surface area contributed by atoms with Crippen LogP contribution in [0.3, 0.4) is 0 Å². The van der Waals surface area contributed by atoms with Crippen molar-refractivity contribution in [3.8, 4) is 0 Å². The summed E-state index contributed by atoms with van der Waals surface area (Å²) < 4.78 is 5.03. The molecule has 1 N–H and O–H groups in total. The standard InChI is InChI=1S/C18H17N3O3S/c1-21(11-13-6-3-2-4-7-13)16(22)10-14-12-25-18(19-14)20-17(23)15-8-5-9-24-15/h2-9,12H,10-11H2,1H3,(H,19,20,23). The Kier molecular flexibility index (Phi) is 5.25. The highest BCUT2D eigenvalue weighted by Gasteiger charge is 2.15. The van der Waals surface area contributed by atoms with Crippen LogP contribution in [-0.2, 0) is 17.8 Å². The zero-order valence-corrected chi connectivity index (χ0v) is 14.5. The lowest BCUT2D eigenvalue weighted by Crippen LogP contribution is -2.27. The summed E-state index contributed by atoms with van der Waals surface area (Å²) in [6, 6.07) is 13.0. The van der Waals surface area contributed by atoms with Crippen LogP contribution in [-0.4, -0.2) is 28.7 Å². The van der Waals surface area contributed by atoms with Crippen LogP contribution < -0.4 is 5.32 Å². The van der Waals surface area contributed by atoms with Crippen molar-refractivity contribution in [3.63, 3.8) is 0 Å². The topological polar surface area (TPSA) is 75.4 Å². The van der Waals surface area contributed by atoms with Gasteiger partial charge in [0.25, 0.3) is 5.91 Å². The van der Waals surface area contributed by atoms with Gasteiger partial charge in [0, 0.05) is 19.0 Å². The van der Waals surface area contributed by atoms with Gasteiger partial charge in [-0.3, -0.25) is 14.9 Å². The molecule has 3 aromatic rings. The molecular formula is C18H17N3O3S. The number of thiazole rings is 1. The van der Waals surface area contributed by atoms with Gasteiger partial charge in [-0.1, -0.05) is 30.3 Å². The Morgan fingerprint density at radius 2 is 2.00 bits per heavy atom.